The zero-order chi connectivity index (χ0) is 20.1. The highest BCUT2D eigenvalue weighted by atomic mass is 127. The highest BCUT2D eigenvalue weighted by Gasteiger charge is 2.27. The predicted molar refractivity (Wildman–Crippen MR) is 129 cm³/mol. The van der Waals surface area contributed by atoms with Gasteiger partial charge in [0.2, 0.25) is 0 Å². The van der Waals surface area contributed by atoms with Crippen LogP contribution in [0.15, 0.2) is 23.2 Å². The zero-order valence-corrected chi connectivity index (χ0v) is 20.2. The van der Waals surface area contributed by atoms with Crippen LogP contribution < -0.4 is 11.1 Å². The van der Waals surface area contributed by atoms with Crippen LogP contribution in [-0.4, -0.2) is 42.2 Å². The van der Waals surface area contributed by atoms with Crippen molar-refractivity contribution < 1.29 is 9.53 Å². The number of anilines is 1. The van der Waals surface area contributed by atoms with Crippen molar-refractivity contribution in [2.45, 2.75) is 64.9 Å². The topological polar surface area (TPSA) is 80.0 Å². The van der Waals surface area contributed by atoms with E-state index in [9.17, 15) is 4.79 Å². The fraction of sp³-hybridized carbons (Fsp3) is 0.636. The fourth-order valence-corrected chi connectivity index (χ4v) is 4.01. The first kappa shape index (κ1) is 23.8. The first-order valence-electron chi connectivity index (χ1n) is 10.5. The molecule has 1 aliphatic heterocycles. The minimum absolute atomic E-state index is 0. The normalized spacial score (nSPS) is 19.8. The van der Waals surface area contributed by atoms with E-state index in [-0.39, 0.29) is 30.1 Å². The molecule has 0 bridgehead atoms. The highest BCUT2D eigenvalue weighted by Crippen LogP contribution is 2.27. The number of carbonyl (C=O) groups is 1. The van der Waals surface area contributed by atoms with Crippen LogP contribution in [0.4, 0.5) is 10.5 Å². The van der Waals surface area contributed by atoms with Gasteiger partial charge in [-0.05, 0) is 82.4 Å². The van der Waals surface area contributed by atoms with Crippen molar-refractivity contribution in [1.82, 2.24) is 4.90 Å². The van der Waals surface area contributed by atoms with E-state index in [0.717, 1.165) is 37.9 Å². The monoisotopic (exact) mass is 514 g/mol. The van der Waals surface area contributed by atoms with Crippen molar-refractivity contribution >= 4 is 41.7 Å². The number of likely N-dealkylation sites (tertiary alicyclic amines) is 1. The number of rotatable bonds is 3. The van der Waals surface area contributed by atoms with Crippen molar-refractivity contribution in [1.29, 1.82) is 0 Å². The first-order chi connectivity index (χ1) is 13.3. The molecule has 0 saturated carbocycles. The Morgan fingerprint density at radius 3 is 2.79 bits per heavy atom. The van der Waals surface area contributed by atoms with Crippen molar-refractivity contribution in [2.75, 3.05) is 25.0 Å². The third-order valence-electron chi connectivity index (χ3n) is 5.35. The molecule has 3 rings (SSSR count). The van der Waals surface area contributed by atoms with Crippen LogP contribution in [0, 0.1) is 5.92 Å². The molecule has 1 amide bonds. The maximum absolute atomic E-state index is 12.3. The summed E-state index contributed by atoms with van der Waals surface area (Å²) in [5.41, 5.74) is 9.58. The van der Waals surface area contributed by atoms with Crippen molar-refractivity contribution in [3.63, 3.8) is 0 Å². The number of piperidine rings is 1. The molecule has 1 fully saturated rings. The van der Waals surface area contributed by atoms with Crippen molar-refractivity contribution in [2.24, 2.45) is 16.6 Å². The van der Waals surface area contributed by atoms with E-state index in [1.807, 2.05) is 20.8 Å². The van der Waals surface area contributed by atoms with Gasteiger partial charge >= 0.3 is 6.09 Å². The highest BCUT2D eigenvalue weighted by molar-refractivity contribution is 14.0. The number of ether oxygens (including phenoxy) is 1. The lowest BCUT2D eigenvalue weighted by Crippen LogP contribution is -2.43. The molecule has 1 atom stereocenters. The molecule has 1 aromatic rings. The van der Waals surface area contributed by atoms with E-state index in [1.165, 1.54) is 24.0 Å². The summed E-state index contributed by atoms with van der Waals surface area (Å²) in [6.07, 6.45) is 6.52. The number of benzene rings is 1. The number of aliphatic imine (C=N–C) groups is 1. The van der Waals surface area contributed by atoms with Gasteiger partial charge in [-0.3, -0.25) is 4.99 Å². The summed E-state index contributed by atoms with van der Waals surface area (Å²) >= 11 is 0. The Morgan fingerprint density at radius 1 is 1.28 bits per heavy atom. The Hall–Kier alpha value is -1.51. The van der Waals surface area contributed by atoms with Crippen molar-refractivity contribution in [3.05, 3.63) is 29.3 Å². The smallest absolute Gasteiger partial charge is 0.410 e. The number of hydrogen-bond acceptors (Lipinski definition) is 3. The number of hydrogen-bond donors (Lipinski definition) is 2. The molecule has 2 aliphatic rings. The number of nitrogens with one attached hydrogen (secondary N) is 1. The number of nitrogens with zero attached hydrogens (tertiary/aromatic N) is 2. The van der Waals surface area contributed by atoms with Crippen molar-refractivity contribution in [3.8, 4) is 0 Å². The Labute approximate surface area is 191 Å². The SMILES string of the molecule is CC(C)(C)OC(=O)N1CCCC(CN=C(N)Nc2cccc3c2CCCC3)C1.I. The molecule has 1 aromatic carbocycles. The number of amides is 1. The molecule has 6 nitrogen and oxygen atoms in total. The van der Waals surface area contributed by atoms with Gasteiger partial charge in [-0.25, -0.2) is 4.79 Å². The molecule has 1 unspecified atom stereocenters. The molecule has 1 heterocycles. The van der Waals surface area contributed by atoms with Crippen LogP contribution in [0.2, 0.25) is 0 Å². The lowest BCUT2D eigenvalue weighted by molar-refractivity contribution is 0.0171. The van der Waals surface area contributed by atoms with Gasteiger partial charge in [0.1, 0.15) is 5.60 Å². The summed E-state index contributed by atoms with van der Waals surface area (Å²) in [6.45, 7) is 7.72. The molecular weight excluding hydrogens is 479 g/mol. The summed E-state index contributed by atoms with van der Waals surface area (Å²) in [6, 6.07) is 6.37. The fourth-order valence-electron chi connectivity index (χ4n) is 4.01. The van der Waals surface area contributed by atoms with E-state index in [4.69, 9.17) is 10.5 Å². The molecule has 7 heteroatoms. The molecule has 0 spiro atoms. The number of nitrogens with two attached hydrogens (primary N) is 1. The Bertz CT molecular complexity index is 730. The summed E-state index contributed by atoms with van der Waals surface area (Å²) in [7, 11) is 0. The van der Waals surface area contributed by atoms with Gasteiger partial charge in [-0.1, -0.05) is 12.1 Å². The zero-order valence-electron chi connectivity index (χ0n) is 17.9. The molecule has 0 aromatic heterocycles. The van der Waals surface area contributed by atoms with Gasteiger partial charge in [-0.15, -0.1) is 24.0 Å². The standard InChI is InChI=1S/C22H34N4O2.HI/c1-22(2,3)28-21(27)26-13-7-8-16(15-26)14-24-20(23)25-19-12-6-10-17-9-4-5-11-18(17)19;/h6,10,12,16H,4-5,7-9,11,13-15H2,1-3H3,(H3,23,24,25);1H. The molecule has 29 heavy (non-hydrogen) atoms. The minimum atomic E-state index is -0.467. The van der Waals surface area contributed by atoms with Gasteiger partial charge < -0.3 is 20.7 Å². The number of halogens is 1. The largest absolute Gasteiger partial charge is 0.444 e. The molecule has 3 N–H and O–H groups in total. The molecule has 162 valence electrons. The average molecular weight is 514 g/mol. The lowest BCUT2D eigenvalue weighted by Gasteiger charge is -2.33. The summed E-state index contributed by atoms with van der Waals surface area (Å²) in [4.78, 5) is 18.7. The van der Waals surface area contributed by atoms with Gasteiger partial charge in [-0.2, -0.15) is 0 Å². The molecule has 1 aliphatic carbocycles. The maximum Gasteiger partial charge on any atom is 0.410 e. The number of fused-ring (bicyclic) bond motifs is 1. The van der Waals surface area contributed by atoms with E-state index < -0.39 is 5.60 Å². The quantitative estimate of drug-likeness (QED) is 0.352. The van der Waals surface area contributed by atoms with E-state index in [0.29, 0.717) is 25.0 Å². The van der Waals surface area contributed by atoms with Crippen LogP contribution in [0.25, 0.3) is 0 Å². The molecule has 1 saturated heterocycles. The summed E-state index contributed by atoms with van der Waals surface area (Å²) in [5, 5.41) is 3.30. The summed E-state index contributed by atoms with van der Waals surface area (Å²) < 4.78 is 5.50. The van der Waals surface area contributed by atoms with Crippen LogP contribution in [0.5, 0.6) is 0 Å². The van der Waals surface area contributed by atoms with Gasteiger partial charge in [0, 0.05) is 25.3 Å². The minimum Gasteiger partial charge on any atom is -0.444 e. The van der Waals surface area contributed by atoms with Crippen LogP contribution in [0.1, 0.15) is 57.6 Å². The van der Waals surface area contributed by atoms with E-state index in [1.54, 1.807) is 4.90 Å². The molecule has 0 radical (unpaired) electrons. The van der Waals surface area contributed by atoms with Crippen LogP contribution in [0.3, 0.4) is 0 Å². The maximum atomic E-state index is 12.3. The third kappa shape index (κ3) is 7.04. The van der Waals surface area contributed by atoms with E-state index in [2.05, 4.69) is 28.5 Å². The number of carbonyl (C=O) groups excluding carboxylic acids is 1. The Morgan fingerprint density at radius 2 is 2.03 bits per heavy atom. The molecular formula is C22H35IN4O2. The van der Waals surface area contributed by atoms with Crippen LogP contribution in [-0.2, 0) is 17.6 Å². The first-order valence-corrected chi connectivity index (χ1v) is 10.5. The van der Waals surface area contributed by atoms with Gasteiger partial charge in [0.05, 0.1) is 0 Å². The average Bonchev–Trinajstić information content (AvgIpc) is 2.66. The Balaban J connectivity index is 0.00000300. The Kier molecular flexibility index (Phi) is 8.60. The predicted octanol–water partition coefficient (Wildman–Crippen LogP) is 4.56. The summed E-state index contributed by atoms with van der Waals surface area (Å²) in [5.74, 6) is 0.764. The van der Waals surface area contributed by atoms with E-state index >= 15 is 0 Å². The second kappa shape index (κ2) is 10.5. The second-order valence-corrected chi connectivity index (χ2v) is 8.94. The number of aryl methyl sites for hydroxylation is 1. The third-order valence-corrected chi connectivity index (χ3v) is 5.35. The van der Waals surface area contributed by atoms with Gasteiger partial charge in [0.25, 0.3) is 0 Å². The second-order valence-electron chi connectivity index (χ2n) is 8.94. The number of guanidine groups is 1. The van der Waals surface area contributed by atoms with Crippen LogP contribution >= 0.6 is 24.0 Å². The lowest BCUT2D eigenvalue weighted by atomic mass is 9.90. The van der Waals surface area contributed by atoms with Gasteiger partial charge in [0.15, 0.2) is 5.96 Å².